The third-order valence-electron chi connectivity index (χ3n) is 2.90. The summed E-state index contributed by atoms with van der Waals surface area (Å²) in [7, 11) is 0. The lowest BCUT2D eigenvalue weighted by Gasteiger charge is -2.03. The first-order valence-corrected chi connectivity index (χ1v) is 6.54. The van der Waals surface area contributed by atoms with Crippen molar-refractivity contribution in [2.24, 2.45) is 10.2 Å². The van der Waals surface area contributed by atoms with Crippen molar-refractivity contribution in [1.29, 1.82) is 0 Å². The predicted molar refractivity (Wildman–Crippen MR) is 86.4 cm³/mol. The van der Waals surface area contributed by atoms with Gasteiger partial charge in [-0.3, -0.25) is 0 Å². The van der Waals surface area contributed by atoms with Gasteiger partial charge in [-0.1, -0.05) is 48.5 Å². The van der Waals surface area contributed by atoms with Crippen LogP contribution in [0.1, 0.15) is 0 Å². The summed E-state index contributed by atoms with van der Waals surface area (Å²) in [5.41, 5.74) is 1.26. The molecule has 3 rings (SSSR count). The largest absolute Gasteiger partial charge is 0.506 e. The molecule has 0 saturated heterocycles. The molecular weight excluding hydrogens is 279 g/mol. The molecule has 0 saturated carbocycles. The lowest BCUT2D eigenvalue weighted by molar-refractivity contribution is 0.448. The molecule has 0 aromatic heterocycles. The number of aromatic hydroxyl groups is 1. The van der Waals surface area contributed by atoms with Gasteiger partial charge in [0.25, 0.3) is 0 Å². The van der Waals surface area contributed by atoms with Crippen LogP contribution in [-0.2, 0) is 0 Å². The van der Waals surface area contributed by atoms with Crippen molar-refractivity contribution in [1.82, 2.24) is 0 Å². The predicted octanol–water partition coefficient (Wildman–Crippen LogP) is 3.47. The fourth-order valence-corrected chi connectivity index (χ4v) is 1.95. The molecule has 0 heterocycles. The van der Waals surface area contributed by atoms with Crippen molar-refractivity contribution < 1.29 is 15.2 Å². The Morgan fingerprint density at radius 2 is 1.36 bits per heavy atom. The van der Waals surface area contributed by atoms with Crippen LogP contribution in [0.2, 0.25) is 0 Å². The number of azo groups is 1. The first kappa shape index (κ1) is 15.7. The maximum Gasteiger partial charge on any atom is 0.482 e. The zero-order valence-corrected chi connectivity index (χ0v) is 11.7. The molecule has 5 nitrogen and oxygen atoms in total. The number of phenolic OH excluding ortho intramolecular Hbond substituents is 1. The standard InChI is InChI=1S/C16H12N2O.BH2O2/c19-15-11-10-12-6-4-5-9-14(12)16(15)18-17-13-7-2-1-3-8-13;2-1-3/h1-11,19H;2-3H. The van der Waals surface area contributed by atoms with E-state index >= 15 is 0 Å². The van der Waals surface area contributed by atoms with Crippen LogP contribution < -0.4 is 0 Å². The van der Waals surface area contributed by atoms with Crippen LogP contribution in [0.4, 0.5) is 11.4 Å². The summed E-state index contributed by atoms with van der Waals surface area (Å²) in [4.78, 5) is 0. The van der Waals surface area contributed by atoms with Gasteiger partial charge in [0.2, 0.25) is 0 Å². The van der Waals surface area contributed by atoms with Gasteiger partial charge in [0.1, 0.15) is 11.4 Å². The average Bonchev–Trinajstić information content (AvgIpc) is 2.56. The van der Waals surface area contributed by atoms with Gasteiger partial charge >= 0.3 is 7.69 Å². The van der Waals surface area contributed by atoms with Crippen molar-refractivity contribution in [2.75, 3.05) is 0 Å². The van der Waals surface area contributed by atoms with E-state index < -0.39 is 0 Å². The number of fused-ring (bicyclic) bond motifs is 1. The van der Waals surface area contributed by atoms with E-state index in [1.165, 1.54) is 0 Å². The Morgan fingerprint density at radius 1 is 0.727 bits per heavy atom. The molecule has 0 aliphatic carbocycles. The van der Waals surface area contributed by atoms with E-state index in [1.807, 2.05) is 60.7 Å². The smallest absolute Gasteiger partial charge is 0.482 e. The van der Waals surface area contributed by atoms with Crippen molar-refractivity contribution in [3.05, 3.63) is 66.7 Å². The Hall–Kier alpha value is -2.70. The van der Waals surface area contributed by atoms with Crippen molar-refractivity contribution in [3.8, 4) is 5.75 Å². The Labute approximate surface area is 128 Å². The molecule has 0 aliphatic heterocycles. The van der Waals surface area contributed by atoms with Crippen molar-refractivity contribution >= 4 is 29.8 Å². The Bertz CT molecular complexity index is 764. The molecule has 0 spiro atoms. The van der Waals surface area contributed by atoms with Crippen LogP contribution >= 0.6 is 0 Å². The summed E-state index contributed by atoms with van der Waals surface area (Å²) in [6.07, 6.45) is 0. The maximum absolute atomic E-state index is 9.93. The molecule has 0 aliphatic rings. The third-order valence-corrected chi connectivity index (χ3v) is 2.90. The highest BCUT2D eigenvalue weighted by atomic mass is 16.4. The topological polar surface area (TPSA) is 85.4 Å². The van der Waals surface area contributed by atoms with Crippen LogP contribution in [0.15, 0.2) is 77.0 Å². The van der Waals surface area contributed by atoms with Crippen molar-refractivity contribution in [2.45, 2.75) is 0 Å². The van der Waals surface area contributed by atoms with Gasteiger partial charge in [0, 0.05) is 5.39 Å². The maximum atomic E-state index is 9.93. The molecule has 3 N–H and O–H groups in total. The summed E-state index contributed by atoms with van der Waals surface area (Å²) >= 11 is 0. The minimum absolute atomic E-state index is 0. The lowest BCUT2D eigenvalue weighted by Crippen LogP contribution is -1.75. The van der Waals surface area contributed by atoms with Gasteiger partial charge in [0.15, 0.2) is 0 Å². The summed E-state index contributed by atoms with van der Waals surface area (Å²) in [6, 6.07) is 20.7. The molecule has 22 heavy (non-hydrogen) atoms. The quantitative estimate of drug-likeness (QED) is 0.499. The summed E-state index contributed by atoms with van der Waals surface area (Å²) < 4.78 is 0. The van der Waals surface area contributed by atoms with E-state index in [0.29, 0.717) is 5.69 Å². The second kappa shape index (κ2) is 7.92. The highest BCUT2D eigenvalue weighted by Gasteiger charge is 2.05. The van der Waals surface area contributed by atoms with Crippen LogP contribution in [0, 0.1) is 0 Å². The second-order valence-electron chi connectivity index (χ2n) is 4.31. The number of hydrogen-bond acceptors (Lipinski definition) is 5. The fourth-order valence-electron chi connectivity index (χ4n) is 1.95. The first-order chi connectivity index (χ1) is 10.8. The minimum atomic E-state index is 0. The Kier molecular flexibility index (Phi) is 5.65. The lowest BCUT2D eigenvalue weighted by atomic mass is 10.1. The summed E-state index contributed by atoms with van der Waals surface area (Å²) in [5, 5.41) is 34.2. The van der Waals surface area contributed by atoms with Crippen molar-refractivity contribution in [3.63, 3.8) is 0 Å². The fraction of sp³-hybridized carbons (Fsp3) is 0. The first-order valence-electron chi connectivity index (χ1n) is 6.54. The van der Waals surface area contributed by atoms with Gasteiger partial charge < -0.3 is 15.2 Å². The molecule has 0 atom stereocenters. The van der Waals surface area contributed by atoms with E-state index in [0.717, 1.165) is 16.5 Å². The van der Waals surface area contributed by atoms with E-state index in [4.69, 9.17) is 10.0 Å². The number of nitrogens with zero attached hydrogens (tertiary/aromatic N) is 2. The zero-order chi connectivity index (χ0) is 15.8. The van der Waals surface area contributed by atoms with E-state index in [1.54, 1.807) is 6.07 Å². The average molecular weight is 293 g/mol. The van der Waals surface area contributed by atoms with Gasteiger partial charge in [-0.2, -0.15) is 5.11 Å². The van der Waals surface area contributed by atoms with Crippen LogP contribution in [0.3, 0.4) is 0 Å². The number of rotatable bonds is 2. The van der Waals surface area contributed by atoms with Gasteiger partial charge in [-0.25, -0.2) is 0 Å². The molecule has 3 aromatic carbocycles. The molecule has 1 radical (unpaired) electrons. The van der Waals surface area contributed by atoms with Gasteiger partial charge in [0.05, 0.1) is 5.69 Å². The minimum Gasteiger partial charge on any atom is -0.506 e. The molecule has 0 amide bonds. The van der Waals surface area contributed by atoms with E-state index in [2.05, 4.69) is 10.2 Å². The monoisotopic (exact) mass is 293 g/mol. The van der Waals surface area contributed by atoms with E-state index in [-0.39, 0.29) is 13.4 Å². The number of phenols is 1. The molecule has 0 fully saturated rings. The molecule has 3 aromatic rings. The molecule has 6 heteroatoms. The Balaban J connectivity index is 0.000000545. The van der Waals surface area contributed by atoms with Gasteiger partial charge in [-0.05, 0) is 23.6 Å². The molecule has 0 bridgehead atoms. The summed E-state index contributed by atoms with van der Waals surface area (Å²) in [5.74, 6) is 0.137. The molecular formula is C16H14BN2O3. The summed E-state index contributed by atoms with van der Waals surface area (Å²) in [6.45, 7) is 0. The number of hydrogen-bond donors (Lipinski definition) is 3. The van der Waals surface area contributed by atoms with Crippen LogP contribution in [0.25, 0.3) is 10.8 Å². The van der Waals surface area contributed by atoms with Crippen LogP contribution in [0.5, 0.6) is 5.75 Å². The highest BCUT2D eigenvalue weighted by molar-refractivity contribution is 6.13. The zero-order valence-electron chi connectivity index (χ0n) is 11.7. The van der Waals surface area contributed by atoms with Gasteiger partial charge in [-0.15, -0.1) is 5.11 Å². The SMILES string of the molecule is O[B]O.Oc1ccc2ccccc2c1N=Nc1ccccc1. The van der Waals surface area contributed by atoms with Crippen LogP contribution in [-0.4, -0.2) is 22.8 Å². The highest BCUT2D eigenvalue weighted by Crippen LogP contribution is 2.35. The molecule has 0 unspecified atom stereocenters. The number of benzene rings is 3. The second-order valence-corrected chi connectivity index (χ2v) is 4.31. The normalized spacial score (nSPS) is 10.3. The third kappa shape index (κ3) is 3.91. The van der Waals surface area contributed by atoms with E-state index in [9.17, 15) is 5.11 Å². The molecule has 109 valence electrons. The Morgan fingerprint density at radius 3 is 2.09 bits per heavy atom.